The van der Waals surface area contributed by atoms with Crippen LogP contribution in [0.1, 0.15) is 55.3 Å². The molecule has 1 aliphatic heterocycles. The maximum absolute atomic E-state index is 12.8. The van der Waals surface area contributed by atoms with Crippen LogP contribution >= 0.6 is 0 Å². The smallest absolute Gasteiger partial charge is 0.255 e. The lowest BCUT2D eigenvalue weighted by atomic mass is 10.1. The fourth-order valence-corrected chi connectivity index (χ4v) is 4.03. The average molecular weight is 458 g/mol. The number of carbonyl (C=O) groups excluding carboxylic acids is 2. The predicted octanol–water partition coefficient (Wildman–Crippen LogP) is 4.06. The van der Waals surface area contributed by atoms with E-state index in [0.717, 1.165) is 0 Å². The van der Waals surface area contributed by atoms with Gasteiger partial charge in [0.15, 0.2) is 0 Å². The molecule has 8 heteroatoms. The quantitative estimate of drug-likeness (QED) is 0.661. The van der Waals surface area contributed by atoms with Crippen LogP contribution in [-0.4, -0.2) is 51.3 Å². The standard InChI is InChI=1S/C24H31N3O4S/c1-16-14-27(15-17(2)31-16)23(29)19-8-10-20(11-9-19)25-22(28)18-6-12-21(13-7-18)26-32(30)24(3,4)5/h6-13,16-17,26H,14-15H2,1-5H3,(H,25,28)/t16-,17+,32?. The van der Waals surface area contributed by atoms with Crippen LogP contribution in [0.15, 0.2) is 48.5 Å². The maximum atomic E-state index is 12.8. The van der Waals surface area contributed by atoms with Crippen LogP contribution in [0.5, 0.6) is 0 Å². The highest BCUT2D eigenvalue weighted by molar-refractivity contribution is 7.94. The molecule has 0 spiro atoms. The summed E-state index contributed by atoms with van der Waals surface area (Å²) in [6.07, 6.45) is 0.0209. The Balaban J connectivity index is 1.59. The molecule has 0 aliphatic carbocycles. The fraction of sp³-hybridized carbons (Fsp3) is 0.417. The number of amides is 2. The molecule has 172 valence electrons. The lowest BCUT2D eigenvalue weighted by Crippen LogP contribution is -2.48. The minimum absolute atomic E-state index is 0.0105. The molecule has 7 nitrogen and oxygen atoms in total. The molecule has 32 heavy (non-hydrogen) atoms. The van der Waals surface area contributed by atoms with Crippen molar-refractivity contribution >= 4 is 34.6 Å². The van der Waals surface area contributed by atoms with Gasteiger partial charge in [0, 0.05) is 29.9 Å². The molecule has 2 amide bonds. The van der Waals surface area contributed by atoms with Crippen LogP contribution in [-0.2, 0) is 16.1 Å². The number of nitrogens with zero attached hydrogens (tertiary/aromatic N) is 1. The summed E-state index contributed by atoms with van der Waals surface area (Å²) in [5.74, 6) is -0.302. The van der Waals surface area contributed by atoms with E-state index in [1.54, 1.807) is 53.4 Å². The molecule has 1 fully saturated rings. The SMILES string of the molecule is C[C@@H]1CN(C(=O)c2ccc(NC(=O)c3ccc(N[S+]([O-])C(C)(C)C)cc3)cc2)C[C@H](C)O1. The highest BCUT2D eigenvalue weighted by Gasteiger charge is 2.27. The molecule has 0 bridgehead atoms. The zero-order valence-electron chi connectivity index (χ0n) is 19.2. The predicted molar refractivity (Wildman–Crippen MR) is 128 cm³/mol. The maximum Gasteiger partial charge on any atom is 0.255 e. The number of ether oxygens (including phenoxy) is 1. The van der Waals surface area contributed by atoms with Crippen molar-refractivity contribution in [3.8, 4) is 0 Å². The van der Waals surface area contributed by atoms with Crippen molar-refractivity contribution in [1.29, 1.82) is 0 Å². The largest absolute Gasteiger partial charge is 0.593 e. The zero-order chi connectivity index (χ0) is 23.5. The first kappa shape index (κ1) is 24.1. The molecule has 0 saturated carbocycles. The summed E-state index contributed by atoms with van der Waals surface area (Å²) >= 11 is -1.24. The van der Waals surface area contributed by atoms with Gasteiger partial charge in [-0.05, 0) is 83.1 Å². The van der Waals surface area contributed by atoms with E-state index in [9.17, 15) is 14.1 Å². The normalized spacial score (nSPS) is 19.9. The molecule has 0 aromatic heterocycles. The van der Waals surface area contributed by atoms with Gasteiger partial charge in [0.1, 0.15) is 4.75 Å². The van der Waals surface area contributed by atoms with E-state index in [1.165, 1.54) is 0 Å². The Labute approximate surface area is 192 Å². The summed E-state index contributed by atoms with van der Waals surface area (Å²) in [5.41, 5.74) is 2.34. The van der Waals surface area contributed by atoms with Gasteiger partial charge < -0.3 is 19.5 Å². The second-order valence-corrected chi connectivity index (χ2v) is 11.0. The van der Waals surface area contributed by atoms with Crippen molar-refractivity contribution in [3.05, 3.63) is 59.7 Å². The van der Waals surface area contributed by atoms with Crippen molar-refractivity contribution in [2.24, 2.45) is 0 Å². The zero-order valence-corrected chi connectivity index (χ0v) is 20.0. The molecule has 1 saturated heterocycles. The summed E-state index contributed by atoms with van der Waals surface area (Å²) in [6.45, 7) is 10.7. The van der Waals surface area contributed by atoms with Gasteiger partial charge in [-0.1, -0.05) is 0 Å². The monoisotopic (exact) mass is 457 g/mol. The summed E-state index contributed by atoms with van der Waals surface area (Å²) < 4.78 is 20.4. The van der Waals surface area contributed by atoms with Gasteiger partial charge in [0.25, 0.3) is 11.8 Å². The number of hydrogen-bond acceptors (Lipinski definition) is 5. The van der Waals surface area contributed by atoms with E-state index >= 15 is 0 Å². The van der Waals surface area contributed by atoms with Crippen molar-refractivity contribution in [2.45, 2.75) is 51.6 Å². The Hall–Kier alpha value is -2.55. The summed E-state index contributed by atoms with van der Waals surface area (Å²) in [7, 11) is 0. The molecule has 2 aromatic rings. The third-order valence-electron chi connectivity index (χ3n) is 5.01. The van der Waals surface area contributed by atoms with Crippen molar-refractivity contribution in [3.63, 3.8) is 0 Å². The highest BCUT2D eigenvalue weighted by Crippen LogP contribution is 2.21. The fourth-order valence-electron chi connectivity index (χ4n) is 3.38. The number of rotatable bonds is 5. The first-order valence-electron chi connectivity index (χ1n) is 10.7. The van der Waals surface area contributed by atoms with E-state index in [2.05, 4.69) is 10.0 Å². The van der Waals surface area contributed by atoms with E-state index < -0.39 is 11.4 Å². The van der Waals surface area contributed by atoms with Gasteiger partial charge in [0.05, 0.1) is 29.3 Å². The van der Waals surface area contributed by atoms with Crippen LogP contribution in [0.4, 0.5) is 11.4 Å². The Bertz CT molecular complexity index is 931. The topological polar surface area (TPSA) is 93.7 Å². The van der Waals surface area contributed by atoms with Crippen LogP contribution in [0.25, 0.3) is 0 Å². The van der Waals surface area contributed by atoms with Gasteiger partial charge in [-0.25, -0.2) is 4.72 Å². The van der Waals surface area contributed by atoms with Gasteiger partial charge >= 0.3 is 0 Å². The second kappa shape index (κ2) is 9.94. The van der Waals surface area contributed by atoms with Gasteiger partial charge in [-0.3, -0.25) is 9.59 Å². The lowest BCUT2D eigenvalue weighted by molar-refractivity contribution is -0.0586. The lowest BCUT2D eigenvalue weighted by Gasteiger charge is -2.35. The van der Waals surface area contributed by atoms with Crippen LogP contribution in [0, 0.1) is 0 Å². The minimum Gasteiger partial charge on any atom is -0.593 e. The van der Waals surface area contributed by atoms with E-state index in [0.29, 0.717) is 35.6 Å². The van der Waals surface area contributed by atoms with Crippen LogP contribution in [0.3, 0.4) is 0 Å². The summed E-state index contributed by atoms with van der Waals surface area (Å²) in [5, 5.41) is 2.84. The molecule has 1 aliphatic rings. The Morgan fingerprint density at radius 2 is 1.44 bits per heavy atom. The first-order chi connectivity index (χ1) is 15.0. The van der Waals surface area contributed by atoms with Crippen molar-refractivity contribution < 1.29 is 18.9 Å². The Kier molecular flexibility index (Phi) is 7.48. The molecular formula is C24H31N3O4S. The summed E-state index contributed by atoms with van der Waals surface area (Å²) in [6, 6.07) is 13.7. The number of hydrogen-bond donors (Lipinski definition) is 2. The third-order valence-corrected chi connectivity index (χ3v) is 6.54. The molecule has 1 unspecified atom stereocenters. The molecule has 3 rings (SSSR count). The molecule has 2 N–H and O–H groups in total. The van der Waals surface area contributed by atoms with Crippen LogP contribution < -0.4 is 10.0 Å². The molecule has 1 heterocycles. The number of carbonyl (C=O) groups is 2. The number of nitrogens with one attached hydrogen (secondary N) is 2. The molecular weight excluding hydrogens is 426 g/mol. The third kappa shape index (κ3) is 6.25. The Morgan fingerprint density at radius 1 is 0.938 bits per heavy atom. The van der Waals surface area contributed by atoms with Crippen LogP contribution in [0.2, 0.25) is 0 Å². The second-order valence-electron chi connectivity index (χ2n) is 9.06. The highest BCUT2D eigenvalue weighted by atomic mass is 32.2. The molecule has 0 radical (unpaired) electrons. The molecule has 2 aromatic carbocycles. The minimum atomic E-state index is -1.24. The Morgan fingerprint density at radius 3 is 1.97 bits per heavy atom. The van der Waals surface area contributed by atoms with E-state index in [-0.39, 0.29) is 28.8 Å². The van der Waals surface area contributed by atoms with Gasteiger partial charge in [0.2, 0.25) is 0 Å². The average Bonchev–Trinajstić information content (AvgIpc) is 2.73. The molecule has 3 atom stereocenters. The van der Waals surface area contributed by atoms with Gasteiger partial charge in [-0.2, -0.15) is 0 Å². The first-order valence-corrected chi connectivity index (χ1v) is 11.8. The van der Waals surface area contributed by atoms with E-state index in [4.69, 9.17) is 4.74 Å². The number of anilines is 2. The number of benzene rings is 2. The number of morpholine rings is 1. The van der Waals surface area contributed by atoms with Crippen molar-refractivity contribution in [2.75, 3.05) is 23.1 Å². The van der Waals surface area contributed by atoms with Crippen molar-refractivity contribution in [1.82, 2.24) is 4.90 Å². The van der Waals surface area contributed by atoms with E-state index in [1.807, 2.05) is 34.6 Å². The van der Waals surface area contributed by atoms with Gasteiger partial charge in [-0.15, -0.1) is 0 Å². The summed E-state index contributed by atoms with van der Waals surface area (Å²) in [4.78, 5) is 27.1.